The number of thioether (sulfide) groups is 1. The van der Waals surface area contributed by atoms with Gasteiger partial charge < -0.3 is 9.73 Å². The molecule has 0 radical (unpaired) electrons. The van der Waals surface area contributed by atoms with E-state index in [0.29, 0.717) is 5.56 Å². The number of benzene rings is 1. The van der Waals surface area contributed by atoms with E-state index in [9.17, 15) is 14.4 Å². The third-order valence-electron chi connectivity index (χ3n) is 4.36. The minimum absolute atomic E-state index is 0.0378. The molecule has 1 aliphatic rings. The summed E-state index contributed by atoms with van der Waals surface area (Å²) in [5, 5.41) is 10.9. The average molecular weight is 400 g/mol. The lowest BCUT2D eigenvalue weighted by atomic mass is 9.93. The van der Waals surface area contributed by atoms with E-state index in [0.717, 1.165) is 16.7 Å². The highest BCUT2D eigenvalue weighted by molar-refractivity contribution is 7.99. The first-order valence-electron chi connectivity index (χ1n) is 8.75. The standard InChI is InChI=1S/C19H20N4O4S/c1-3-9-23-17(25)14(12(2)20-18(23)26)10-16-21-22-19(27-16)28-11-15(24)13-7-5-4-6-8-13/h3-8,12,14H,1,9-11H2,2H3,(H,20,26). The maximum atomic E-state index is 12.6. The SMILES string of the molecule is C=CCN1C(=O)NC(C)C(Cc2nnc(SCC(=O)c3ccccc3)o2)C1=O. The van der Waals surface area contributed by atoms with Gasteiger partial charge in [-0.15, -0.1) is 16.8 Å². The molecule has 3 amide bonds. The molecule has 2 aromatic rings. The van der Waals surface area contributed by atoms with Crippen LogP contribution in [0.2, 0.25) is 0 Å². The van der Waals surface area contributed by atoms with Gasteiger partial charge in [0.2, 0.25) is 11.8 Å². The Hall–Kier alpha value is -2.94. The summed E-state index contributed by atoms with van der Waals surface area (Å²) in [4.78, 5) is 37.8. The number of nitrogens with zero attached hydrogens (tertiary/aromatic N) is 3. The van der Waals surface area contributed by atoms with Crippen LogP contribution in [-0.2, 0) is 11.2 Å². The fourth-order valence-corrected chi connectivity index (χ4v) is 3.53. The number of aromatic nitrogens is 2. The molecule has 1 fully saturated rings. The molecule has 8 nitrogen and oxygen atoms in total. The topological polar surface area (TPSA) is 105 Å². The van der Waals surface area contributed by atoms with Crippen LogP contribution < -0.4 is 5.32 Å². The molecule has 9 heteroatoms. The summed E-state index contributed by atoms with van der Waals surface area (Å²) in [5.74, 6) is -0.392. The second-order valence-corrected chi connectivity index (χ2v) is 7.25. The van der Waals surface area contributed by atoms with Gasteiger partial charge >= 0.3 is 6.03 Å². The van der Waals surface area contributed by atoms with Crippen molar-refractivity contribution in [2.45, 2.75) is 24.6 Å². The number of carbonyl (C=O) groups is 3. The Labute approximate surface area is 166 Å². The van der Waals surface area contributed by atoms with Crippen molar-refractivity contribution in [1.82, 2.24) is 20.4 Å². The quantitative estimate of drug-likeness (QED) is 0.412. The van der Waals surface area contributed by atoms with Crippen LogP contribution in [0.25, 0.3) is 0 Å². The first-order valence-corrected chi connectivity index (χ1v) is 9.74. The molecular formula is C19H20N4O4S. The van der Waals surface area contributed by atoms with Gasteiger partial charge in [-0.1, -0.05) is 48.2 Å². The van der Waals surface area contributed by atoms with E-state index in [1.165, 1.54) is 6.08 Å². The summed E-state index contributed by atoms with van der Waals surface area (Å²) in [7, 11) is 0. The molecule has 1 saturated heterocycles. The van der Waals surface area contributed by atoms with Crippen LogP contribution in [0, 0.1) is 5.92 Å². The normalized spacial score (nSPS) is 19.4. The molecule has 0 spiro atoms. The summed E-state index contributed by atoms with van der Waals surface area (Å²) in [5.41, 5.74) is 0.620. The minimum Gasteiger partial charge on any atom is -0.416 e. The molecule has 146 valence electrons. The first kappa shape index (κ1) is 19.8. The largest absolute Gasteiger partial charge is 0.416 e. The summed E-state index contributed by atoms with van der Waals surface area (Å²) in [6, 6.07) is 8.17. The van der Waals surface area contributed by atoms with Crippen molar-refractivity contribution in [3.8, 4) is 0 Å². The number of nitrogens with one attached hydrogen (secondary N) is 1. The molecule has 0 bridgehead atoms. The van der Waals surface area contributed by atoms with Crippen LogP contribution in [0.3, 0.4) is 0 Å². The van der Waals surface area contributed by atoms with E-state index < -0.39 is 11.9 Å². The van der Waals surface area contributed by atoms with Crippen LogP contribution in [0.15, 0.2) is 52.6 Å². The molecule has 1 N–H and O–H groups in total. The van der Waals surface area contributed by atoms with Crippen LogP contribution >= 0.6 is 11.8 Å². The lowest BCUT2D eigenvalue weighted by Gasteiger charge is -2.34. The van der Waals surface area contributed by atoms with Gasteiger partial charge in [-0.3, -0.25) is 14.5 Å². The zero-order valence-corrected chi connectivity index (χ0v) is 16.1. The molecule has 2 heterocycles. The number of urea groups is 1. The van der Waals surface area contributed by atoms with Crippen LogP contribution in [0.4, 0.5) is 4.79 Å². The number of hydrogen-bond acceptors (Lipinski definition) is 7. The molecule has 2 atom stereocenters. The van der Waals surface area contributed by atoms with Crippen molar-refractivity contribution in [3.63, 3.8) is 0 Å². The average Bonchev–Trinajstić information content (AvgIpc) is 3.15. The Bertz CT molecular complexity index is 883. The summed E-state index contributed by atoms with van der Waals surface area (Å²) < 4.78 is 5.58. The number of amides is 3. The molecule has 1 aliphatic heterocycles. The van der Waals surface area contributed by atoms with Gasteiger partial charge in [0.25, 0.3) is 5.22 Å². The lowest BCUT2D eigenvalue weighted by Crippen LogP contribution is -2.59. The molecule has 0 aliphatic carbocycles. The molecule has 1 aromatic heterocycles. The maximum Gasteiger partial charge on any atom is 0.324 e. The second-order valence-electron chi connectivity index (χ2n) is 6.33. The lowest BCUT2D eigenvalue weighted by molar-refractivity contribution is -0.134. The van der Waals surface area contributed by atoms with Gasteiger partial charge in [-0.05, 0) is 6.92 Å². The third kappa shape index (κ3) is 4.48. The highest BCUT2D eigenvalue weighted by atomic mass is 32.2. The number of carbonyl (C=O) groups excluding carboxylic acids is 3. The van der Waals surface area contributed by atoms with Gasteiger partial charge in [0.05, 0.1) is 11.7 Å². The minimum atomic E-state index is -0.512. The zero-order valence-electron chi connectivity index (χ0n) is 15.3. The number of hydrogen-bond donors (Lipinski definition) is 1. The third-order valence-corrected chi connectivity index (χ3v) is 5.18. The van der Waals surface area contributed by atoms with E-state index in [1.807, 2.05) is 6.07 Å². The Morgan fingerprint density at radius 1 is 1.32 bits per heavy atom. The van der Waals surface area contributed by atoms with E-state index in [2.05, 4.69) is 22.1 Å². The van der Waals surface area contributed by atoms with Crippen molar-refractivity contribution in [2.75, 3.05) is 12.3 Å². The van der Waals surface area contributed by atoms with Gasteiger partial charge in [0.1, 0.15) is 0 Å². The van der Waals surface area contributed by atoms with Crippen LogP contribution in [0.1, 0.15) is 23.2 Å². The van der Waals surface area contributed by atoms with E-state index >= 15 is 0 Å². The van der Waals surface area contributed by atoms with E-state index in [-0.39, 0.29) is 47.6 Å². The molecule has 0 saturated carbocycles. The van der Waals surface area contributed by atoms with Crippen LogP contribution in [-0.4, -0.2) is 51.2 Å². The van der Waals surface area contributed by atoms with Crippen molar-refractivity contribution < 1.29 is 18.8 Å². The summed E-state index contributed by atoms with van der Waals surface area (Å²) in [6.07, 6.45) is 1.70. The molecular weight excluding hydrogens is 380 g/mol. The predicted molar refractivity (Wildman–Crippen MR) is 103 cm³/mol. The summed E-state index contributed by atoms with van der Waals surface area (Å²) >= 11 is 1.15. The van der Waals surface area contributed by atoms with Crippen molar-refractivity contribution >= 4 is 29.5 Å². The number of Topliss-reactive ketones (excluding diaryl/α,β-unsaturated/α-hetero) is 1. The number of imide groups is 1. The smallest absolute Gasteiger partial charge is 0.324 e. The highest BCUT2D eigenvalue weighted by Gasteiger charge is 2.39. The van der Waals surface area contributed by atoms with Gasteiger partial charge in [-0.2, -0.15) is 0 Å². The number of rotatable bonds is 8. The molecule has 28 heavy (non-hydrogen) atoms. The Morgan fingerprint density at radius 3 is 2.79 bits per heavy atom. The second kappa shape index (κ2) is 8.83. The van der Waals surface area contributed by atoms with E-state index in [1.54, 1.807) is 31.2 Å². The molecule has 2 unspecified atom stereocenters. The summed E-state index contributed by atoms with van der Waals surface area (Å²) in [6.45, 7) is 5.47. The van der Waals surface area contributed by atoms with E-state index in [4.69, 9.17) is 4.42 Å². The first-order chi connectivity index (χ1) is 13.5. The van der Waals surface area contributed by atoms with Crippen molar-refractivity contribution in [2.24, 2.45) is 5.92 Å². The Kier molecular flexibility index (Phi) is 6.25. The van der Waals surface area contributed by atoms with Gasteiger partial charge in [0.15, 0.2) is 5.78 Å². The molecule has 1 aromatic carbocycles. The maximum absolute atomic E-state index is 12.6. The van der Waals surface area contributed by atoms with Gasteiger partial charge in [-0.25, -0.2) is 4.79 Å². The molecule has 3 rings (SSSR count). The monoisotopic (exact) mass is 400 g/mol. The van der Waals surface area contributed by atoms with Crippen LogP contribution in [0.5, 0.6) is 0 Å². The zero-order chi connectivity index (χ0) is 20.1. The Balaban J connectivity index is 1.60. The Morgan fingerprint density at radius 2 is 2.07 bits per heavy atom. The van der Waals surface area contributed by atoms with Crippen molar-refractivity contribution in [1.29, 1.82) is 0 Å². The van der Waals surface area contributed by atoms with Crippen molar-refractivity contribution in [3.05, 3.63) is 54.4 Å². The fourth-order valence-electron chi connectivity index (χ4n) is 2.86. The predicted octanol–water partition coefficient (Wildman–Crippen LogP) is 2.33. The number of ketones is 1. The fraction of sp³-hybridized carbons (Fsp3) is 0.316. The highest BCUT2D eigenvalue weighted by Crippen LogP contribution is 2.23. The van der Waals surface area contributed by atoms with Gasteiger partial charge in [0, 0.05) is 24.6 Å².